The van der Waals surface area contributed by atoms with Crippen LogP contribution in [0.1, 0.15) is 18.0 Å². The molecule has 102 valence electrons. The summed E-state index contributed by atoms with van der Waals surface area (Å²) in [5.74, 6) is 0. The number of rotatable bonds is 5. The van der Waals surface area contributed by atoms with Crippen molar-refractivity contribution >= 4 is 0 Å². The van der Waals surface area contributed by atoms with Crippen LogP contribution in [0.15, 0.2) is 30.3 Å². The minimum atomic E-state index is 0.175. The number of likely N-dealkylation sites (N-methyl/N-ethyl adjacent to an activating group) is 1. The lowest BCUT2D eigenvalue weighted by molar-refractivity contribution is -0.0412. The molecule has 0 aliphatic carbocycles. The lowest BCUT2D eigenvalue weighted by Crippen LogP contribution is -2.47. The summed E-state index contributed by atoms with van der Waals surface area (Å²) in [6, 6.07) is 12.8. The number of ether oxygens (including phenoxy) is 1. The Kier molecular flexibility index (Phi) is 5.34. The molecular weight excluding hydrogens is 238 g/mol. The third-order valence-corrected chi connectivity index (χ3v) is 3.51. The zero-order valence-corrected chi connectivity index (χ0v) is 11.4. The Labute approximate surface area is 115 Å². The summed E-state index contributed by atoms with van der Waals surface area (Å²) >= 11 is 0. The zero-order chi connectivity index (χ0) is 13.5. The van der Waals surface area contributed by atoms with Gasteiger partial charge in [0.25, 0.3) is 0 Å². The predicted molar refractivity (Wildman–Crippen MR) is 74.7 cm³/mol. The third kappa shape index (κ3) is 3.77. The second kappa shape index (κ2) is 7.25. The minimum Gasteiger partial charge on any atom is -0.374 e. The van der Waals surface area contributed by atoms with Gasteiger partial charge in [-0.1, -0.05) is 30.3 Å². The van der Waals surface area contributed by atoms with Gasteiger partial charge in [0, 0.05) is 25.7 Å². The smallest absolute Gasteiger partial charge is 0.0826 e. The Morgan fingerprint density at radius 3 is 2.95 bits per heavy atom. The Morgan fingerprint density at radius 1 is 1.47 bits per heavy atom. The molecule has 1 saturated heterocycles. The van der Waals surface area contributed by atoms with Crippen molar-refractivity contribution in [1.82, 2.24) is 10.2 Å². The number of benzene rings is 1. The van der Waals surface area contributed by atoms with Gasteiger partial charge in [0.1, 0.15) is 0 Å². The number of hydrogen-bond acceptors (Lipinski definition) is 4. The standard InChI is InChI=1S/C15H21N3O/c1-17-11-14-12-18(9-10-19-14)15(7-8-16)13-5-3-2-4-6-13/h2-6,14-15,17H,7,9-12H2,1H3. The van der Waals surface area contributed by atoms with Crippen LogP contribution >= 0.6 is 0 Å². The molecule has 0 aromatic heterocycles. The molecule has 0 saturated carbocycles. The van der Waals surface area contributed by atoms with Gasteiger partial charge in [-0.15, -0.1) is 0 Å². The molecule has 1 aliphatic heterocycles. The van der Waals surface area contributed by atoms with E-state index in [1.807, 2.05) is 25.2 Å². The van der Waals surface area contributed by atoms with Crippen LogP contribution < -0.4 is 5.32 Å². The molecule has 1 heterocycles. The highest BCUT2D eigenvalue weighted by Gasteiger charge is 2.26. The van der Waals surface area contributed by atoms with Gasteiger partial charge in [-0.05, 0) is 12.6 Å². The molecule has 0 radical (unpaired) electrons. The molecule has 4 heteroatoms. The van der Waals surface area contributed by atoms with E-state index in [0.717, 1.165) is 26.2 Å². The van der Waals surface area contributed by atoms with E-state index in [1.54, 1.807) is 0 Å². The summed E-state index contributed by atoms with van der Waals surface area (Å²) in [5, 5.41) is 12.2. The number of morpholine rings is 1. The highest BCUT2D eigenvalue weighted by atomic mass is 16.5. The van der Waals surface area contributed by atoms with E-state index in [1.165, 1.54) is 5.56 Å². The molecule has 2 unspecified atom stereocenters. The summed E-state index contributed by atoms with van der Waals surface area (Å²) in [6.45, 7) is 3.36. The minimum absolute atomic E-state index is 0.175. The largest absolute Gasteiger partial charge is 0.374 e. The third-order valence-electron chi connectivity index (χ3n) is 3.51. The van der Waals surface area contributed by atoms with Crippen LogP contribution in [0.4, 0.5) is 0 Å². The summed E-state index contributed by atoms with van der Waals surface area (Å²) in [7, 11) is 1.94. The molecule has 19 heavy (non-hydrogen) atoms. The molecule has 0 spiro atoms. The molecule has 1 aromatic carbocycles. The van der Waals surface area contributed by atoms with E-state index in [0.29, 0.717) is 6.42 Å². The van der Waals surface area contributed by atoms with Gasteiger partial charge < -0.3 is 10.1 Å². The van der Waals surface area contributed by atoms with Crippen LogP contribution in [-0.4, -0.2) is 44.3 Å². The molecule has 0 bridgehead atoms. The van der Waals surface area contributed by atoms with Gasteiger partial charge in [-0.3, -0.25) is 4.90 Å². The fourth-order valence-corrected chi connectivity index (χ4v) is 2.60. The van der Waals surface area contributed by atoms with Crippen LogP contribution in [0.5, 0.6) is 0 Å². The van der Waals surface area contributed by atoms with Crippen LogP contribution in [0.3, 0.4) is 0 Å². The van der Waals surface area contributed by atoms with Crippen molar-refractivity contribution in [3.05, 3.63) is 35.9 Å². The predicted octanol–water partition coefficient (Wildman–Crippen LogP) is 1.56. The fraction of sp³-hybridized carbons (Fsp3) is 0.533. The Bertz CT molecular complexity index is 413. The quantitative estimate of drug-likeness (QED) is 0.872. The highest BCUT2D eigenvalue weighted by molar-refractivity contribution is 5.20. The summed E-state index contributed by atoms with van der Waals surface area (Å²) in [6.07, 6.45) is 0.736. The van der Waals surface area contributed by atoms with E-state index >= 15 is 0 Å². The van der Waals surface area contributed by atoms with E-state index in [9.17, 15) is 0 Å². The fourth-order valence-electron chi connectivity index (χ4n) is 2.60. The Balaban J connectivity index is 2.09. The lowest BCUT2D eigenvalue weighted by atomic mass is 10.0. The van der Waals surface area contributed by atoms with Crippen molar-refractivity contribution in [2.45, 2.75) is 18.6 Å². The van der Waals surface area contributed by atoms with Crippen LogP contribution in [-0.2, 0) is 4.74 Å². The van der Waals surface area contributed by atoms with Crippen LogP contribution in [0, 0.1) is 11.3 Å². The number of nitrogens with zero attached hydrogens (tertiary/aromatic N) is 2. The number of hydrogen-bond donors (Lipinski definition) is 1. The van der Waals surface area contributed by atoms with Gasteiger partial charge >= 0.3 is 0 Å². The SMILES string of the molecule is CNCC1CN(C(CC#N)c2ccccc2)CCO1. The van der Waals surface area contributed by atoms with Crippen molar-refractivity contribution < 1.29 is 4.74 Å². The second-order valence-electron chi connectivity index (χ2n) is 4.83. The molecular formula is C15H21N3O. The van der Waals surface area contributed by atoms with Crippen molar-refractivity contribution in [3.8, 4) is 6.07 Å². The first-order valence-corrected chi connectivity index (χ1v) is 6.77. The maximum atomic E-state index is 9.08. The van der Waals surface area contributed by atoms with E-state index in [4.69, 9.17) is 10.00 Å². The van der Waals surface area contributed by atoms with Gasteiger partial charge in [-0.25, -0.2) is 0 Å². The first-order valence-electron chi connectivity index (χ1n) is 6.77. The van der Waals surface area contributed by atoms with Crippen molar-refractivity contribution in [2.24, 2.45) is 0 Å². The monoisotopic (exact) mass is 259 g/mol. The maximum absolute atomic E-state index is 9.08. The average Bonchev–Trinajstić information content (AvgIpc) is 2.46. The Hall–Kier alpha value is -1.41. The van der Waals surface area contributed by atoms with E-state index in [-0.39, 0.29) is 12.1 Å². The topological polar surface area (TPSA) is 48.3 Å². The maximum Gasteiger partial charge on any atom is 0.0826 e. The van der Waals surface area contributed by atoms with Crippen molar-refractivity contribution in [1.29, 1.82) is 5.26 Å². The van der Waals surface area contributed by atoms with Crippen LogP contribution in [0.25, 0.3) is 0 Å². The number of nitrogens with one attached hydrogen (secondary N) is 1. The first-order chi connectivity index (χ1) is 9.35. The van der Waals surface area contributed by atoms with Crippen molar-refractivity contribution in [3.63, 3.8) is 0 Å². The van der Waals surface area contributed by atoms with Gasteiger partial charge in [0.2, 0.25) is 0 Å². The average molecular weight is 259 g/mol. The molecule has 1 fully saturated rings. The number of nitriles is 1. The highest BCUT2D eigenvalue weighted by Crippen LogP contribution is 2.25. The summed E-state index contributed by atoms with van der Waals surface area (Å²) < 4.78 is 5.73. The van der Waals surface area contributed by atoms with Gasteiger partial charge in [0.05, 0.1) is 25.2 Å². The molecule has 0 amide bonds. The molecule has 2 rings (SSSR count). The van der Waals surface area contributed by atoms with Gasteiger partial charge in [0.15, 0.2) is 0 Å². The van der Waals surface area contributed by atoms with Gasteiger partial charge in [-0.2, -0.15) is 5.26 Å². The van der Waals surface area contributed by atoms with E-state index < -0.39 is 0 Å². The molecule has 2 atom stereocenters. The van der Waals surface area contributed by atoms with Crippen LogP contribution in [0.2, 0.25) is 0 Å². The molecule has 1 aromatic rings. The molecule has 4 nitrogen and oxygen atoms in total. The summed E-state index contributed by atoms with van der Waals surface area (Å²) in [5.41, 5.74) is 1.22. The molecule has 1 N–H and O–H groups in total. The zero-order valence-electron chi connectivity index (χ0n) is 11.4. The van der Waals surface area contributed by atoms with Crippen molar-refractivity contribution in [2.75, 3.05) is 33.3 Å². The Morgan fingerprint density at radius 2 is 2.26 bits per heavy atom. The second-order valence-corrected chi connectivity index (χ2v) is 4.83. The summed E-state index contributed by atoms with van der Waals surface area (Å²) in [4.78, 5) is 2.37. The lowest BCUT2D eigenvalue weighted by Gasteiger charge is -2.37. The normalized spacial score (nSPS) is 21.8. The van der Waals surface area contributed by atoms with E-state index in [2.05, 4.69) is 28.4 Å². The molecule has 1 aliphatic rings. The first kappa shape index (κ1) is 14.0.